The minimum Gasteiger partial charge on any atom is -0.463 e. The summed E-state index contributed by atoms with van der Waals surface area (Å²) in [7, 11) is 0. The Bertz CT molecular complexity index is 1190. The van der Waals surface area contributed by atoms with Gasteiger partial charge in [0.15, 0.2) is 17.0 Å². The second kappa shape index (κ2) is 10.7. The molecule has 0 saturated carbocycles. The third kappa shape index (κ3) is 6.05. The molecule has 0 radical (unpaired) electrons. The van der Waals surface area contributed by atoms with Gasteiger partial charge in [-0.1, -0.05) is 27.7 Å². The summed E-state index contributed by atoms with van der Waals surface area (Å²) in [4.78, 5) is 49.9. The van der Waals surface area contributed by atoms with Gasteiger partial charge in [0.25, 0.3) is 5.56 Å². The second-order valence-corrected chi connectivity index (χ2v) is 9.45. The lowest BCUT2D eigenvalue weighted by Gasteiger charge is -2.11. The van der Waals surface area contributed by atoms with Gasteiger partial charge in [-0.05, 0) is 19.1 Å². The number of nitrogens with one attached hydrogen (secondary N) is 2. The van der Waals surface area contributed by atoms with Gasteiger partial charge in [0.1, 0.15) is 6.61 Å². The second-order valence-electron chi connectivity index (χ2n) is 8.16. The van der Waals surface area contributed by atoms with Crippen LogP contribution < -0.4 is 10.9 Å². The van der Waals surface area contributed by atoms with Gasteiger partial charge in [-0.2, -0.15) is 4.98 Å². The third-order valence-corrected chi connectivity index (χ3v) is 5.73. The number of aryl methyl sites for hydroxylation is 1. The van der Waals surface area contributed by atoms with Crippen molar-refractivity contribution in [3.05, 3.63) is 27.4 Å². The van der Waals surface area contributed by atoms with Crippen molar-refractivity contribution in [1.29, 1.82) is 0 Å². The van der Waals surface area contributed by atoms with E-state index in [0.29, 0.717) is 24.6 Å². The zero-order valence-corrected chi connectivity index (χ0v) is 20.2. The van der Waals surface area contributed by atoms with Crippen molar-refractivity contribution in [1.82, 2.24) is 19.5 Å². The Morgan fingerprint density at radius 2 is 1.88 bits per heavy atom. The van der Waals surface area contributed by atoms with E-state index in [1.165, 1.54) is 0 Å². The average molecular weight is 476 g/mol. The van der Waals surface area contributed by atoms with Crippen LogP contribution in [0.15, 0.2) is 16.9 Å². The summed E-state index contributed by atoms with van der Waals surface area (Å²) in [6, 6.07) is 3.93. The van der Waals surface area contributed by atoms with Crippen molar-refractivity contribution < 1.29 is 19.1 Å². The number of rotatable bonds is 10. The van der Waals surface area contributed by atoms with Gasteiger partial charge in [-0.25, -0.2) is 4.98 Å². The SMILES string of the molecule is Cc1ccc(-c2nc3c(=O)[nH]c(NC(=O)C(C)C)nc3n2CCOCCOC(=O)C(C)C)s1. The van der Waals surface area contributed by atoms with Gasteiger partial charge in [-0.3, -0.25) is 24.7 Å². The summed E-state index contributed by atoms with van der Waals surface area (Å²) >= 11 is 1.56. The topological polar surface area (TPSA) is 128 Å². The number of esters is 1. The van der Waals surface area contributed by atoms with Crippen molar-refractivity contribution in [2.45, 2.75) is 41.2 Å². The molecule has 0 aliphatic rings. The van der Waals surface area contributed by atoms with E-state index in [2.05, 4.69) is 20.3 Å². The number of amides is 1. The number of fused-ring (bicyclic) bond motifs is 1. The maximum atomic E-state index is 12.7. The number of ether oxygens (including phenoxy) is 2. The van der Waals surface area contributed by atoms with Crippen molar-refractivity contribution in [2.24, 2.45) is 11.8 Å². The molecule has 0 fully saturated rings. The van der Waals surface area contributed by atoms with Gasteiger partial charge in [-0.15, -0.1) is 11.3 Å². The van der Waals surface area contributed by atoms with E-state index in [0.717, 1.165) is 9.75 Å². The highest BCUT2D eigenvalue weighted by Gasteiger charge is 2.19. The highest BCUT2D eigenvalue weighted by atomic mass is 32.1. The van der Waals surface area contributed by atoms with Gasteiger partial charge < -0.3 is 14.0 Å². The van der Waals surface area contributed by atoms with E-state index in [9.17, 15) is 14.4 Å². The Labute approximate surface area is 195 Å². The number of imidazole rings is 1. The first-order chi connectivity index (χ1) is 15.7. The van der Waals surface area contributed by atoms with E-state index in [-0.39, 0.29) is 48.4 Å². The summed E-state index contributed by atoms with van der Waals surface area (Å²) in [5.74, 6) is -0.301. The number of carbonyl (C=O) groups excluding carboxylic acids is 2. The molecular formula is C22H29N5O5S. The molecule has 11 heteroatoms. The van der Waals surface area contributed by atoms with Crippen LogP contribution >= 0.6 is 11.3 Å². The van der Waals surface area contributed by atoms with Crippen molar-refractivity contribution >= 4 is 40.3 Å². The Hall–Kier alpha value is -3.05. The molecule has 0 atom stereocenters. The molecule has 0 spiro atoms. The first-order valence-electron chi connectivity index (χ1n) is 10.8. The smallest absolute Gasteiger partial charge is 0.308 e. The fourth-order valence-electron chi connectivity index (χ4n) is 2.91. The molecule has 0 aliphatic heterocycles. The van der Waals surface area contributed by atoms with Crippen molar-refractivity contribution in [3.63, 3.8) is 0 Å². The number of hydrogen-bond donors (Lipinski definition) is 2. The zero-order valence-electron chi connectivity index (χ0n) is 19.4. The van der Waals surface area contributed by atoms with Crippen LogP contribution in [0.25, 0.3) is 21.9 Å². The summed E-state index contributed by atoms with van der Waals surface area (Å²) in [5, 5.41) is 2.63. The molecule has 2 N–H and O–H groups in total. The summed E-state index contributed by atoms with van der Waals surface area (Å²) in [6.45, 7) is 10.1. The normalized spacial score (nSPS) is 11.5. The van der Waals surface area contributed by atoms with Crippen LogP contribution in [0.4, 0.5) is 5.95 Å². The fraction of sp³-hybridized carbons (Fsp3) is 0.500. The first kappa shape index (κ1) is 24.6. The van der Waals surface area contributed by atoms with Gasteiger partial charge in [0.05, 0.1) is 24.0 Å². The van der Waals surface area contributed by atoms with Gasteiger partial charge >= 0.3 is 5.97 Å². The number of hydrogen-bond acceptors (Lipinski definition) is 8. The molecule has 1 amide bonds. The quantitative estimate of drug-likeness (QED) is 0.341. The molecule has 0 aliphatic carbocycles. The van der Waals surface area contributed by atoms with Crippen LogP contribution in [-0.4, -0.2) is 51.2 Å². The number of nitrogens with zero attached hydrogens (tertiary/aromatic N) is 3. The first-order valence-corrected chi connectivity index (χ1v) is 11.6. The molecule has 10 nitrogen and oxygen atoms in total. The number of thiophene rings is 1. The van der Waals surface area contributed by atoms with Crippen LogP contribution in [0.2, 0.25) is 0 Å². The largest absolute Gasteiger partial charge is 0.463 e. The Balaban J connectivity index is 1.84. The molecule has 178 valence electrons. The zero-order chi connectivity index (χ0) is 24.1. The molecule has 3 aromatic rings. The molecule has 3 rings (SSSR count). The maximum Gasteiger partial charge on any atom is 0.308 e. The Kier molecular flexibility index (Phi) is 7.98. The van der Waals surface area contributed by atoms with Crippen LogP contribution in [0.1, 0.15) is 32.6 Å². The average Bonchev–Trinajstić information content (AvgIpc) is 3.34. The molecule has 0 unspecified atom stereocenters. The fourth-order valence-corrected chi connectivity index (χ4v) is 3.78. The van der Waals surface area contributed by atoms with Crippen molar-refractivity contribution in [3.8, 4) is 10.7 Å². The van der Waals surface area contributed by atoms with E-state index in [4.69, 9.17) is 9.47 Å². The van der Waals surface area contributed by atoms with E-state index in [1.54, 1.807) is 43.6 Å². The molecular weight excluding hydrogens is 446 g/mol. The monoisotopic (exact) mass is 475 g/mol. The predicted molar refractivity (Wildman–Crippen MR) is 126 cm³/mol. The van der Waals surface area contributed by atoms with Crippen LogP contribution in [0.3, 0.4) is 0 Å². The van der Waals surface area contributed by atoms with Crippen LogP contribution in [0.5, 0.6) is 0 Å². The summed E-state index contributed by atoms with van der Waals surface area (Å²) in [6.07, 6.45) is 0. The Morgan fingerprint density at radius 1 is 1.12 bits per heavy atom. The lowest BCUT2D eigenvalue weighted by Crippen LogP contribution is -2.22. The maximum absolute atomic E-state index is 12.7. The minimum absolute atomic E-state index is 0.0720. The molecule has 3 aromatic heterocycles. The summed E-state index contributed by atoms with van der Waals surface area (Å²) < 4.78 is 12.6. The Morgan fingerprint density at radius 3 is 2.52 bits per heavy atom. The van der Waals surface area contributed by atoms with Crippen LogP contribution in [0, 0.1) is 18.8 Å². The summed E-state index contributed by atoms with van der Waals surface area (Å²) in [5.41, 5.74) is 0.104. The minimum atomic E-state index is -0.436. The van der Waals surface area contributed by atoms with Gasteiger partial charge in [0.2, 0.25) is 11.9 Å². The standard InChI is InChI=1S/C22H29N5O5S/c1-12(2)19(28)25-22-24-18-16(20(29)26-22)23-17(15-7-6-14(5)33-15)27(18)8-9-31-10-11-32-21(30)13(3)4/h6-7,12-13H,8-11H2,1-5H3,(H2,24,25,26,28,29). The lowest BCUT2D eigenvalue weighted by atomic mass is 10.2. The van der Waals surface area contributed by atoms with E-state index in [1.807, 2.05) is 19.1 Å². The highest BCUT2D eigenvalue weighted by molar-refractivity contribution is 7.15. The number of aromatic amines is 1. The predicted octanol–water partition coefficient (Wildman–Crippen LogP) is 2.97. The molecule has 0 aromatic carbocycles. The van der Waals surface area contributed by atoms with Crippen molar-refractivity contribution in [2.75, 3.05) is 25.1 Å². The molecule has 0 bridgehead atoms. The van der Waals surface area contributed by atoms with Crippen LogP contribution in [-0.2, 0) is 25.6 Å². The molecule has 33 heavy (non-hydrogen) atoms. The third-order valence-electron chi connectivity index (χ3n) is 4.73. The number of carbonyl (C=O) groups is 2. The van der Waals surface area contributed by atoms with Gasteiger partial charge in [0, 0.05) is 17.3 Å². The highest BCUT2D eigenvalue weighted by Crippen LogP contribution is 2.29. The lowest BCUT2D eigenvalue weighted by molar-refractivity contribution is -0.148. The molecule has 0 saturated heterocycles. The van der Waals surface area contributed by atoms with E-state index >= 15 is 0 Å². The number of H-pyrrole nitrogens is 1. The van der Waals surface area contributed by atoms with E-state index < -0.39 is 5.56 Å². The number of anilines is 1. The number of aromatic nitrogens is 4. The molecule has 3 heterocycles.